The molecule has 1 atom stereocenters. The molecule has 2 bridgehead atoms. The lowest BCUT2D eigenvalue weighted by atomic mass is 9.77. The van der Waals surface area contributed by atoms with Gasteiger partial charge in [0.1, 0.15) is 5.82 Å². The van der Waals surface area contributed by atoms with Crippen molar-refractivity contribution in [3.8, 4) is 0 Å². The Kier molecular flexibility index (Phi) is 3.11. The Bertz CT molecular complexity index is 754. The van der Waals surface area contributed by atoms with E-state index in [9.17, 15) is 14.3 Å². The molecule has 1 unspecified atom stereocenters. The highest BCUT2D eigenvalue weighted by molar-refractivity contribution is 6.02. The minimum atomic E-state index is -1.03. The molecule has 2 aromatic rings. The Balaban J connectivity index is 1.85. The summed E-state index contributed by atoms with van der Waals surface area (Å²) in [5.74, 6) is -0.597. The molecule has 5 heteroatoms. The summed E-state index contributed by atoms with van der Waals surface area (Å²) in [6, 6.07) is 5.81. The van der Waals surface area contributed by atoms with Crippen LogP contribution in [-0.4, -0.2) is 40.6 Å². The number of carboxylic acid groups (broad SMARTS) is 1. The zero-order chi connectivity index (χ0) is 15.3. The highest BCUT2D eigenvalue weighted by Gasteiger charge is 2.36. The van der Waals surface area contributed by atoms with Gasteiger partial charge in [0.05, 0.1) is 11.1 Å². The number of piperidine rings is 3. The number of hydrogen-bond donors (Lipinski definition) is 1. The van der Waals surface area contributed by atoms with Gasteiger partial charge in [0, 0.05) is 23.5 Å². The summed E-state index contributed by atoms with van der Waals surface area (Å²) in [6.45, 7) is 3.21. The molecule has 114 valence electrons. The van der Waals surface area contributed by atoms with Crippen LogP contribution >= 0.6 is 0 Å². The molecule has 0 aliphatic carbocycles. The predicted molar refractivity (Wildman–Crippen MR) is 80.6 cm³/mol. The fourth-order valence-electron chi connectivity index (χ4n) is 3.89. The maximum atomic E-state index is 13.4. The van der Waals surface area contributed by atoms with Crippen LogP contribution in [0.15, 0.2) is 24.3 Å². The number of aromatic carboxylic acids is 1. The van der Waals surface area contributed by atoms with Gasteiger partial charge in [-0.15, -0.1) is 0 Å². The Morgan fingerprint density at radius 3 is 2.68 bits per heavy atom. The lowest BCUT2D eigenvalue weighted by Gasteiger charge is -2.44. The van der Waals surface area contributed by atoms with Crippen LogP contribution in [0.4, 0.5) is 4.39 Å². The average molecular weight is 300 g/mol. The maximum Gasteiger partial charge on any atom is 0.336 e. The first-order valence-corrected chi connectivity index (χ1v) is 7.67. The third-order valence-electron chi connectivity index (χ3n) is 5.06. The quantitative estimate of drug-likeness (QED) is 0.926. The first-order valence-electron chi connectivity index (χ1n) is 7.67. The van der Waals surface area contributed by atoms with E-state index in [0.717, 1.165) is 38.2 Å². The fraction of sp³-hybridized carbons (Fsp3) is 0.412. The number of carboxylic acids is 1. The molecule has 1 aromatic carbocycles. The van der Waals surface area contributed by atoms with Gasteiger partial charge >= 0.3 is 5.97 Å². The van der Waals surface area contributed by atoms with E-state index < -0.39 is 11.8 Å². The van der Waals surface area contributed by atoms with Crippen molar-refractivity contribution < 1.29 is 14.3 Å². The Labute approximate surface area is 127 Å². The predicted octanol–water partition coefficient (Wildman–Crippen LogP) is 2.88. The number of benzene rings is 1. The number of nitrogens with zero attached hydrogens (tertiary/aromatic N) is 2. The second-order valence-corrected chi connectivity index (χ2v) is 6.31. The molecular weight excluding hydrogens is 283 g/mol. The number of rotatable bonds is 2. The molecule has 0 radical (unpaired) electrons. The van der Waals surface area contributed by atoms with Gasteiger partial charge in [0.15, 0.2) is 0 Å². The summed E-state index contributed by atoms with van der Waals surface area (Å²) in [5.41, 5.74) is 1.55. The second kappa shape index (κ2) is 5.02. The molecule has 0 saturated carbocycles. The van der Waals surface area contributed by atoms with Crippen molar-refractivity contribution in [2.24, 2.45) is 5.92 Å². The van der Waals surface area contributed by atoms with Crippen LogP contribution in [0.5, 0.6) is 0 Å². The van der Waals surface area contributed by atoms with Gasteiger partial charge < -0.3 is 10.0 Å². The number of pyridine rings is 1. The zero-order valence-corrected chi connectivity index (χ0v) is 12.1. The maximum absolute atomic E-state index is 13.4. The van der Waals surface area contributed by atoms with Crippen LogP contribution in [0.2, 0.25) is 0 Å². The van der Waals surface area contributed by atoms with Gasteiger partial charge in [-0.05, 0) is 56.1 Å². The van der Waals surface area contributed by atoms with Gasteiger partial charge in [0.25, 0.3) is 0 Å². The lowest BCUT2D eigenvalue weighted by Crippen LogP contribution is -2.46. The smallest absolute Gasteiger partial charge is 0.336 e. The van der Waals surface area contributed by atoms with Crippen molar-refractivity contribution in [2.75, 3.05) is 19.6 Å². The lowest BCUT2D eigenvalue weighted by molar-refractivity contribution is 0.0697. The molecule has 4 nitrogen and oxygen atoms in total. The summed E-state index contributed by atoms with van der Waals surface area (Å²) < 4.78 is 13.4. The van der Waals surface area contributed by atoms with E-state index in [4.69, 9.17) is 0 Å². The zero-order valence-electron chi connectivity index (χ0n) is 12.1. The highest BCUT2D eigenvalue weighted by atomic mass is 19.1. The molecule has 0 amide bonds. The van der Waals surface area contributed by atoms with Crippen LogP contribution in [0.25, 0.3) is 10.9 Å². The molecule has 3 aliphatic rings. The summed E-state index contributed by atoms with van der Waals surface area (Å²) in [5, 5.41) is 9.84. The van der Waals surface area contributed by atoms with E-state index in [1.165, 1.54) is 12.1 Å². The van der Waals surface area contributed by atoms with E-state index >= 15 is 0 Å². The van der Waals surface area contributed by atoms with E-state index in [1.54, 1.807) is 12.1 Å². The second-order valence-electron chi connectivity index (χ2n) is 6.31. The van der Waals surface area contributed by atoms with Gasteiger partial charge in [-0.2, -0.15) is 0 Å². The van der Waals surface area contributed by atoms with Gasteiger partial charge in [0.2, 0.25) is 0 Å². The highest BCUT2D eigenvalue weighted by Crippen LogP contribution is 2.39. The van der Waals surface area contributed by atoms with Crippen LogP contribution in [0.3, 0.4) is 0 Å². The fourth-order valence-corrected chi connectivity index (χ4v) is 3.89. The molecule has 22 heavy (non-hydrogen) atoms. The average Bonchev–Trinajstić information content (AvgIpc) is 2.54. The van der Waals surface area contributed by atoms with E-state index in [2.05, 4.69) is 9.88 Å². The third-order valence-corrected chi connectivity index (χ3v) is 5.06. The Morgan fingerprint density at radius 1 is 1.27 bits per heavy atom. The molecule has 3 aliphatic heterocycles. The molecule has 3 saturated heterocycles. The van der Waals surface area contributed by atoms with Gasteiger partial charge in [-0.1, -0.05) is 0 Å². The van der Waals surface area contributed by atoms with E-state index in [0.29, 0.717) is 16.8 Å². The molecule has 3 fully saturated rings. The number of halogens is 1. The van der Waals surface area contributed by atoms with Crippen LogP contribution < -0.4 is 0 Å². The Hall–Kier alpha value is -2.01. The van der Waals surface area contributed by atoms with Crippen molar-refractivity contribution in [1.29, 1.82) is 0 Å². The third kappa shape index (κ3) is 2.16. The number of carbonyl (C=O) groups is 1. The topological polar surface area (TPSA) is 53.4 Å². The minimum absolute atomic E-state index is 0.149. The van der Waals surface area contributed by atoms with Crippen LogP contribution in [0, 0.1) is 11.7 Å². The summed E-state index contributed by atoms with van der Waals surface area (Å²) in [7, 11) is 0. The SMILES string of the molecule is O=C(O)c1cc(C2CN3CCC2CC3)nc2ccc(F)cc12. The molecule has 0 spiro atoms. The number of hydrogen-bond acceptors (Lipinski definition) is 3. The van der Waals surface area contributed by atoms with Crippen molar-refractivity contribution in [3.63, 3.8) is 0 Å². The number of fused-ring (bicyclic) bond motifs is 4. The van der Waals surface area contributed by atoms with Crippen molar-refractivity contribution in [3.05, 3.63) is 41.3 Å². The molecule has 1 N–H and O–H groups in total. The molecule has 1 aromatic heterocycles. The molecule has 4 heterocycles. The molecular formula is C17H17FN2O2. The summed E-state index contributed by atoms with van der Waals surface area (Å²) >= 11 is 0. The summed E-state index contributed by atoms with van der Waals surface area (Å²) in [6.07, 6.45) is 2.30. The minimum Gasteiger partial charge on any atom is -0.478 e. The van der Waals surface area contributed by atoms with Gasteiger partial charge in [-0.3, -0.25) is 4.98 Å². The summed E-state index contributed by atoms with van der Waals surface area (Å²) in [4.78, 5) is 18.6. The van der Waals surface area contributed by atoms with Crippen molar-refractivity contribution in [2.45, 2.75) is 18.8 Å². The van der Waals surface area contributed by atoms with E-state index in [1.807, 2.05) is 0 Å². The first-order chi connectivity index (χ1) is 10.6. The Morgan fingerprint density at radius 2 is 2.05 bits per heavy atom. The number of aromatic nitrogens is 1. The van der Waals surface area contributed by atoms with Crippen molar-refractivity contribution >= 4 is 16.9 Å². The molecule has 5 rings (SSSR count). The van der Waals surface area contributed by atoms with Crippen LogP contribution in [0.1, 0.15) is 34.8 Å². The monoisotopic (exact) mass is 300 g/mol. The first kappa shape index (κ1) is 13.6. The normalized spacial score (nSPS) is 27.2. The van der Waals surface area contributed by atoms with Gasteiger partial charge in [-0.25, -0.2) is 9.18 Å². The van der Waals surface area contributed by atoms with Crippen LogP contribution in [-0.2, 0) is 0 Å². The van der Waals surface area contributed by atoms with E-state index in [-0.39, 0.29) is 11.5 Å². The largest absolute Gasteiger partial charge is 0.478 e. The van der Waals surface area contributed by atoms with Crippen molar-refractivity contribution in [1.82, 2.24) is 9.88 Å². The standard InChI is InChI=1S/C17H17FN2O2/c18-11-1-2-15-12(7-11)13(17(21)22)8-16(19-15)14-9-20-5-3-10(14)4-6-20/h1-2,7-8,10,14H,3-6,9H2,(H,21,22).